The lowest BCUT2D eigenvalue weighted by molar-refractivity contribution is 0.205. The Bertz CT molecular complexity index is 184. The average molecular weight is 213 g/mol. The molecule has 2 nitrogen and oxygen atoms in total. The Kier molecular flexibility index (Phi) is 3.29. The Morgan fingerprint density at radius 1 is 1.00 bits per heavy atom. The molecule has 0 aromatic carbocycles. The molecule has 14 heavy (non-hydrogen) atoms. The van der Waals surface area contributed by atoms with Gasteiger partial charge in [0.2, 0.25) is 0 Å². The fourth-order valence-corrected chi connectivity index (χ4v) is 6.02. The quantitative estimate of drug-likeness (QED) is 0.654. The zero-order valence-corrected chi connectivity index (χ0v) is 10.3. The van der Waals surface area contributed by atoms with Gasteiger partial charge in [-0.15, -0.1) is 0 Å². The molecular formula is C11H21O2Si. The van der Waals surface area contributed by atoms with E-state index in [1.165, 1.54) is 38.5 Å². The van der Waals surface area contributed by atoms with Gasteiger partial charge in [0.25, 0.3) is 0 Å². The van der Waals surface area contributed by atoms with Crippen LogP contribution in [0.2, 0.25) is 5.54 Å². The molecule has 1 radical (unpaired) electrons. The summed E-state index contributed by atoms with van der Waals surface area (Å²) in [4.78, 5) is 0. The Morgan fingerprint density at radius 3 is 1.86 bits per heavy atom. The summed E-state index contributed by atoms with van der Waals surface area (Å²) in [6.45, 7) is 0. The molecule has 0 aromatic heterocycles. The van der Waals surface area contributed by atoms with Crippen molar-refractivity contribution in [2.45, 2.75) is 44.1 Å². The van der Waals surface area contributed by atoms with Gasteiger partial charge in [0.1, 0.15) is 0 Å². The van der Waals surface area contributed by atoms with Crippen LogP contribution in [0, 0.1) is 12.0 Å². The highest BCUT2D eigenvalue weighted by molar-refractivity contribution is 6.72. The third-order valence-corrected chi connectivity index (χ3v) is 7.86. The molecule has 81 valence electrons. The fourth-order valence-electron chi connectivity index (χ4n) is 2.43. The summed E-state index contributed by atoms with van der Waals surface area (Å²) in [6.07, 6.45) is 8.10. The number of hydrogen-bond donors (Lipinski definition) is 0. The minimum Gasteiger partial charge on any atom is -0.397 e. The van der Waals surface area contributed by atoms with E-state index in [1.54, 1.807) is 0 Å². The maximum atomic E-state index is 5.76. The summed E-state index contributed by atoms with van der Waals surface area (Å²) in [6, 6.07) is 2.46. The third-order valence-electron chi connectivity index (χ3n) is 3.93. The van der Waals surface area contributed by atoms with Crippen LogP contribution >= 0.6 is 0 Å². The van der Waals surface area contributed by atoms with Gasteiger partial charge in [-0.1, -0.05) is 25.7 Å². The Morgan fingerprint density at radius 2 is 1.57 bits per heavy atom. The van der Waals surface area contributed by atoms with Crippen LogP contribution in [0.5, 0.6) is 0 Å². The van der Waals surface area contributed by atoms with E-state index in [1.807, 2.05) is 14.2 Å². The molecule has 2 fully saturated rings. The van der Waals surface area contributed by atoms with Gasteiger partial charge in [-0.25, -0.2) is 0 Å². The molecular weight excluding hydrogens is 192 g/mol. The van der Waals surface area contributed by atoms with Gasteiger partial charge in [-0.2, -0.15) is 0 Å². The van der Waals surface area contributed by atoms with Gasteiger partial charge < -0.3 is 8.85 Å². The molecule has 0 heterocycles. The predicted octanol–water partition coefficient (Wildman–Crippen LogP) is 2.82. The zero-order valence-electron chi connectivity index (χ0n) is 9.29. The summed E-state index contributed by atoms with van der Waals surface area (Å²) < 4.78 is 11.5. The first-order valence-corrected chi connectivity index (χ1v) is 7.74. The molecule has 0 amide bonds. The normalized spacial score (nSPS) is 24.4. The molecule has 2 aliphatic rings. The van der Waals surface area contributed by atoms with Crippen molar-refractivity contribution in [3.05, 3.63) is 6.04 Å². The van der Waals surface area contributed by atoms with Crippen molar-refractivity contribution in [2.24, 2.45) is 5.92 Å². The average Bonchev–Trinajstić information content (AvgIpc) is 2.06. The maximum absolute atomic E-state index is 5.76. The molecule has 2 saturated carbocycles. The van der Waals surface area contributed by atoms with E-state index in [0.29, 0.717) is 0 Å². The number of hydrogen-bond acceptors (Lipinski definition) is 2. The molecule has 0 saturated heterocycles. The topological polar surface area (TPSA) is 18.5 Å². The fraction of sp³-hybridized carbons (Fsp3) is 0.909. The lowest BCUT2D eigenvalue weighted by Crippen LogP contribution is -2.50. The zero-order chi connectivity index (χ0) is 10.0. The first-order chi connectivity index (χ1) is 6.80. The van der Waals surface area contributed by atoms with Crippen molar-refractivity contribution < 1.29 is 8.85 Å². The van der Waals surface area contributed by atoms with Crippen molar-refractivity contribution >= 4 is 8.56 Å². The second-order valence-corrected chi connectivity index (χ2v) is 8.02. The summed E-state index contributed by atoms with van der Waals surface area (Å²) >= 11 is 0. The van der Waals surface area contributed by atoms with E-state index in [9.17, 15) is 0 Å². The largest absolute Gasteiger partial charge is 0.397 e. The van der Waals surface area contributed by atoms with Gasteiger partial charge in [-0.05, 0) is 18.8 Å². The Balaban J connectivity index is 1.95. The van der Waals surface area contributed by atoms with Crippen LogP contribution in [0.15, 0.2) is 0 Å². The first kappa shape index (κ1) is 10.6. The lowest BCUT2D eigenvalue weighted by atomic mass is 9.87. The highest BCUT2D eigenvalue weighted by Crippen LogP contribution is 2.46. The first-order valence-electron chi connectivity index (χ1n) is 5.77. The lowest BCUT2D eigenvalue weighted by Gasteiger charge is -2.43. The van der Waals surface area contributed by atoms with E-state index >= 15 is 0 Å². The standard InChI is InChI=1S/C11H21O2Si/c1-12-14(13-2,11-7-4-8-11)9-10-5-3-6-10/h9-11H,3-8H2,1-2H3. The van der Waals surface area contributed by atoms with Crippen molar-refractivity contribution in [3.63, 3.8) is 0 Å². The van der Waals surface area contributed by atoms with Gasteiger partial charge >= 0.3 is 8.56 Å². The monoisotopic (exact) mass is 213 g/mol. The van der Waals surface area contributed by atoms with Crippen LogP contribution in [0.25, 0.3) is 0 Å². The van der Waals surface area contributed by atoms with E-state index in [2.05, 4.69) is 6.04 Å². The Hall–Kier alpha value is 0.137. The van der Waals surface area contributed by atoms with Gasteiger partial charge in [0.15, 0.2) is 0 Å². The van der Waals surface area contributed by atoms with Crippen LogP contribution in [-0.4, -0.2) is 22.8 Å². The summed E-state index contributed by atoms with van der Waals surface area (Å²) in [5.41, 5.74) is 0.734. The van der Waals surface area contributed by atoms with Crippen molar-refractivity contribution in [1.29, 1.82) is 0 Å². The molecule has 0 atom stereocenters. The molecule has 0 bridgehead atoms. The van der Waals surface area contributed by atoms with Gasteiger partial charge in [0, 0.05) is 25.8 Å². The second-order valence-electron chi connectivity index (χ2n) is 4.62. The summed E-state index contributed by atoms with van der Waals surface area (Å²) in [7, 11) is 1.76. The maximum Gasteiger partial charge on any atom is 0.344 e. The number of rotatable bonds is 5. The van der Waals surface area contributed by atoms with E-state index in [0.717, 1.165) is 11.5 Å². The predicted molar refractivity (Wildman–Crippen MR) is 59.0 cm³/mol. The van der Waals surface area contributed by atoms with E-state index in [4.69, 9.17) is 8.85 Å². The second kappa shape index (κ2) is 4.33. The van der Waals surface area contributed by atoms with E-state index in [-0.39, 0.29) is 0 Å². The molecule has 0 aromatic rings. The van der Waals surface area contributed by atoms with Crippen LogP contribution in [0.1, 0.15) is 38.5 Å². The van der Waals surface area contributed by atoms with Gasteiger partial charge in [0.05, 0.1) is 0 Å². The Labute approximate surface area is 88.2 Å². The minimum atomic E-state index is -1.92. The van der Waals surface area contributed by atoms with Crippen LogP contribution in [0.4, 0.5) is 0 Å². The highest BCUT2D eigenvalue weighted by Gasteiger charge is 2.49. The van der Waals surface area contributed by atoms with Crippen molar-refractivity contribution in [2.75, 3.05) is 14.2 Å². The van der Waals surface area contributed by atoms with Crippen LogP contribution in [0.3, 0.4) is 0 Å². The van der Waals surface area contributed by atoms with Gasteiger partial charge in [-0.3, -0.25) is 0 Å². The molecule has 2 aliphatic carbocycles. The molecule has 2 rings (SSSR count). The van der Waals surface area contributed by atoms with Crippen LogP contribution in [-0.2, 0) is 8.85 Å². The molecule has 3 heteroatoms. The molecule has 0 spiro atoms. The minimum absolute atomic E-state index is 0.734. The molecule has 0 aliphatic heterocycles. The molecule has 0 unspecified atom stereocenters. The highest BCUT2D eigenvalue weighted by atomic mass is 28.4. The smallest absolute Gasteiger partial charge is 0.344 e. The van der Waals surface area contributed by atoms with Crippen molar-refractivity contribution in [3.8, 4) is 0 Å². The van der Waals surface area contributed by atoms with E-state index < -0.39 is 8.56 Å². The summed E-state index contributed by atoms with van der Waals surface area (Å²) in [5.74, 6) is 0.794. The third kappa shape index (κ3) is 1.77. The molecule has 0 N–H and O–H groups in total. The van der Waals surface area contributed by atoms with Crippen molar-refractivity contribution in [1.82, 2.24) is 0 Å². The SMILES string of the molecule is CO[Si]([CH]C1CCC1)(OC)C1CCC1. The van der Waals surface area contributed by atoms with Crippen LogP contribution < -0.4 is 0 Å². The summed E-state index contributed by atoms with van der Waals surface area (Å²) in [5, 5.41) is 0.